The normalized spacial score (nSPS) is 12.1. The molecule has 0 aliphatic rings. The van der Waals surface area contributed by atoms with Gasteiger partial charge in [-0.25, -0.2) is 0 Å². The highest BCUT2D eigenvalue weighted by atomic mass is 16.4. The molecule has 5 nitrogen and oxygen atoms in total. The minimum absolute atomic E-state index is 0.00941. The molecule has 1 amide bonds. The number of anilines is 1. The molecule has 2 rings (SSSR count). The van der Waals surface area contributed by atoms with Crippen LogP contribution in [0.4, 0.5) is 5.69 Å². The second kappa shape index (κ2) is 6.14. The third-order valence-electron chi connectivity index (χ3n) is 2.98. The number of benzene rings is 1. The first-order valence-electron chi connectivity index (χ1n) is 6.41. The lowest BCUT2D eigenvalue weighted by atomic mass is 10.0. The fourth-order valence-corrected chi connectivity index (χ4v) is 2.10. The molecular weight excluding hydrogens is 256 g/mol. The Bertz CT molecular complexity index is 635. The van der Waals surface area contributed by atoms with E-state index in [1.165, 1.54) is 0 Å². The van der Waals surface area contributed by atoms with Crippen LogP contribution in [0.25, 0.3) is 10.9 Å². The van der Waals surface area contributed by atoms with Crippen molar-refractivity contribution in [3.63, 3.8) is 0 Å². The lowest BCUT2D eigenvalue weighted by molar-refractivity contribution is -0.138. The molecule has 1 aromatic carbocycles. The molecule has 0 bridgehead atoms. The zero-order chi connectivity index (χ0) is 14.5. The predicted molar refractivity (Wildman–Crippen MR) is 76.4 cm³/mol. The van der Waals surface area contributed by atoms with E-state index in [1.807, 2.05) is 30.3 Å². The van der Waals surface area contributed by atoms with E-state index in [0.29, 0.717) is 5.69 Å². The van der Waals surface area contributed by atoms with Crippen molar-refractivity contribution in [3.8, 4) is 0 Å². The Balaban J connectivity index is 2.08. The molecule has 1 heterocycles. The number of fused-ring (bicyclic) bond motifs is 1. The van der Waals surface area contributed by atoms with Crippen LogP contribution in [0.2, 0.25) is 0 Å². The molecular formula is C15H16N2O3. The number of rotatable bonds is 5. The number of hydrogen-bond acceptors (Lipinski definition) is 3. The van der Waals surface area contributed by atoms with Crippen LogP contribution in [0.5, 0.6) is 0 Å². The molecule has 0 spiro atoms. The van der Waals surface area contributed by atoms with Crippen LogP contribution in [-0.4, -0.2) is 22.0 Å². The SMILES string of the molecule is CC(CC(=O)O)CC(=O)Nc1cccc2ncccc12. The Hall–Kier alpha value is -2.43. The summed E-state index contributed by atoms with van der Waals surface area (Å²) in [5, 5.41) is 12.4. The summed E-state index contributed by atoms with van der Waals surface area (Å²) < 4.78 is 0. The number of aromatic nitrogens is 1. The van der Waals surface area contributed by atoms with Crippen molar-refractivity contribution in [2.75, 3.05) is 5.32 Å². The van der Waals surface area contributed by atoms with Gasteiger partial charge < -0.3 is 10.4 Å². The van der Waals surface area contributed by atoms with Crippen molar-refractivity contribution < 1.29 is 14.7 Å². The zero-order valence-corrected chi connectivity index (χ0v) is 11.2. The van der Waals surface area contributed by atoms with Crippen LogP contribution < -0.4 is 5.32 Å². The first kappa shape index (κ1) is 14.0. The van der Waals surface area contributed by atoms with Gasteiger partial charge in [-0.15, -0.1) is 0 Å². The van der Waals surface area contributed by atoms with E-state index in [2.05, 4.69) is 10.3 Å². The zero-order valence-electron chi connectivity index (χ0n) is 11.2. The van der Waals surface area contributed by atoms with Gasteiger partial charge in [0.2, 0.25) is 5.91 Å². The van der Waals surface area contributed by atoms with E-state index in [0.717, 1.165) is 10.9 Å². The molecule has 0 radical (unpaired) electrons. The summed E-state index contributed by atoms with van der Waals surface area (Å²) in [6, 6.07) is 9.21. The summed E-state index contributed by atoms with van der Waals surface area (Å²) in [6.07, 6.45) is 1.87. The fourth-order valence-electron chi connectivity index (χ4n) is 2.10. The number of amides is 1. The third kappa shape index (κ3) is 3.54. The van der Waals surface area contributed by atoms with Crippen LogP contribution >= 0.6 is 0 Å². The summed E-state index contributed by atoms with van der Waals surface area (Å²) in [7, 11) is 0. The van der Waals surface area contributed by atoms with Crippen molar-refractivity contribution in [2.24, 2.45) is 5.92 Å². The minimum Gasteiger partial charge on any atom is -0.481 e. The van der Waals surface area contributed by atoms with Crippen molar-refractivity contribution in [3.05, 3.63) is 36.5 Å². The number of carboxylic acid groups (broad SMARTS) is 1. The maximum atomic E-state index is 11.9. The number of carbonyl (C=O) groups is 2. The third-order valence-corrected chi connectivity index (χ3v) is 2.98. The molecule has 0 saturated carbocycles. The molecule has 1 atom stereocenters. The van der Waals surface area contributed by atoms with Gasteiger partial charge in [-0.05, 0) is 30.2 Å². The first-order chi connectivity index (χ1) is 9.56. The summed E-state index contributed by atoms with van der Waals surface area (Å²) >= 11 is 0. The van der Waals surface area contributed by atoms with Gasteiger partial charge in [0.05, 0.1) is 11.2 Å². The fraction of sp³-hybridized carbons (Fsp3) is 0.267. The van der Waals surface area contributed by atoms with Crippen molar-refractivity contribution in [1.29, 1.82) is 0 Å². The summed E-state index contributed by atoms with van der Waals surface area (Å²) in [5.41, 5.74) is 1.51. The summed E-state index contributed by atoms with van der Waals surface area (Å²) in [6.45, 7) is 1.75. The smallest absolute Gasteiger partial charge is 0.303 e. The maximum absolute atomic E-state index is 11.9. The topological polar surface area (TPSA) is 79.3 Å². The maximum Gasteiger partial charge on any atom is 0.303 e. The van der Waals surface area contributed by atoms with Crippen LogP contribution in [0.1, 0.15) is 19.8 Å². The highest BCUT2D eigenvalue weighted by molar-refractivity contribution is 6.01. The van der Waals surface area contributed by atoms with Gasteiger partial charge in [0.25, 0.3) is 0 Å². The van der Waals surface area contributed by atoms with E-state index in [-0.39, 0.29) is 24.7 Å². The van der Waals surface area contributed by atoms with E-state index in [1.54, 1.807) is 13.1 Å². The molecule has 2 N–H and O–H groups in total. The molecule has 0 saturated heterocycles. The summed E-state index contributed by atoms with van der Waals surface area (Å²) in [4.78, 5) is 26.7. The standard InChI is InChI=1S/C15H16N2O3/c1-10(9-15(19)20)8-14(18)17-13-6-2-5-12-11(13)4-3-7-16-12/h2-7,10H,8-9H2,1H3,(H,17,18)(H,19,20). The molecule has 5 heteroatoms. The molecule has 1 aromatic heterocycles. The average molecular weight is 272 g/mol. The predicted octanol–water partition coefficient (Wildman–Crippen LogP) is 2.67. The van der Waals surface area contributed by atoms with Gasteiger partial charge in [0, 0.05) is 24.4 Å². The van der Waals surface area contributed by atoms with Gasteiger partial charge in [-0.2, -0.15) is 0 Å². The van der Waals surface area contributed by atoms with Gasteiger partial charge in [-0.1, -0.05) is 13.0 Å². The van der Waals surface area contributed by atoms with Crippen LogP contribution in [0, 0.1) is 5.92 Å². The molecule has 0 aliphatic heterocycles. The average Bonchev–Trinajstić information content (AvgIpc) is 2.38. The van der Waals surface area contributed by atoms with E-state index >= 15 is 0 Å². The Kier molecular flexibility index (Phi) is 4.30. The minimum atomic E-state index is -0.889. The number of carbonyl (C=O) groups excluding carboxylic acids is 1. The van der Waals surface area contributed by atoms with Gasteiger partial charge in [0.15, 0.2) is 0 Å². The van der Waals surface area contributed by atoms with E-state index in [9.17, 15) is 9.59 Å². The number of nitrogens with zero attached hydrogens (tertiary/aromatic N) is 1. The quantitative estimate of drug-likeness (QED) is 0.877. The monoisotopic (exact) mass is 272 g/mol. The lowest BCUT2D eigenvalue weighted by Gasteiger charge is -2.11. The van der Waals surface area contributed by atoms with Crippen molar-refractivity contribution in [1.82, 2.24) is 4.98 Å². The highest BCUT2D eigenvalue weighted by Gasteiger charge is 2.13. The number of pyridine rings is 1. The van der Waals surface area contributed by atoms with Crippen molar-refractivity contribution >= 4 is 28.5 Å². The van der Waals surface area contributed by atoms with Gasteiger partial charge in [-0.3, -0.25) is 14.6 Å². The first-order valence-corrected chi connectivity index (χ1v) is 6.41. The lowest BCUT2D eigenvalue weighted by Crippen LogP contribution is -2.17. The van der Waals surface area contributed by atoms with Crippen LogP contribution in [-0.2, 0) is 9.59 Å². The molecule has 0 fully saturated rings. The number of aliphatic carboxylic acids is 1. The van der Waals surface area contributed by atoms with Crippen LogP contribution in [0.15, 0.2) is 36.5 Å². The highest BCUT2D eigenvalue weighted by Crippen LogP contribution is 2.22. The van der Waals surface area contributed by atoms with Gasteiger partial charge >= 0.3 is 5.97 Å². The Labute approximate surface area is 116 Å². The second-order valence-electron chi connectivity index (χ2n) is 4.83. The summed E-state index contributed by atoms with van der Waals surface area (Å²) in [5.74, 6) is -1.27. The van der Waals surface area contributed by atoms with Gasteiger partial charge in [0.1, 0.15) is 0 Å². The molecule has 0 aliphatic carbocycles. The number of nitrogens with one attached hydrogen (secondary N) is 1. The molecule has 1 unspecified atom stereocenters. The number of carboxylic acids is 1. The largest absolute Gasteiger partial charge is 0.481 e. The Morgan fingerprint density at radius 1 is 1.25 bits per heavy atom. The Morgan fingerprint density at radius 3 is 2.80 bits per heavy atom. The molecule has 104 valence electrons. The van der Waals surface area contributed by atoms with E-state index in [4.69, 9.17) is 5.11 Å². The number of hydrogen-bond donors (Lipinski definition) is 2. The molecule has 20 heavy (non-hydrogen) atoms. The van der Waals surface area contributed by atoms with Crippen molar-refractivity contribution in [2.45, 2.75) is 19.8 Å². The second-order valence-corrected chi connectivity index (χ2v) is 4.83. The van der Waals surface area contributed by atoms with Crippen LogP contribution in [0.3, 0.4) is 0 Å². The Morgan fingerprint density at radius 2 is 2.05 bits per heavy atom. The molecule has 2 aromatic rings. The van der Waals surface area contributed by atoms with E-state index < -0.39 is 5.97 Å².